The molecule has 0 saturated carbocycles. The van der Waals surface area contributed by atoms with Crippen LogP contribution in [0, 0.1) is 6.92 Å². The standard InChI is InChI=1S/C12H19N/c1-5-10-8-11(6-2)13-12(7-3)9(10)4/h8H,5-7H2,1-4H3. The number of hydrogen-bond donors (Lipinski definition) is 0. The molecule has 0 N–H and O–H groups in total. The third-order valence-corrected chi connectivity index (χ3v) is 2.61. The van der Waals surface area contributed by atoms with Gasteiger partial charge in [0, 0.05) is 11.4 Å². The maximum absolute atomic E-state index is 4.62. The molecule has 1 heterocycles. The number of rotatable bonds is 3. The summed E-state index contributed by atoms with van der Waals surface area (Å²) < 4.78 is 0. The molecule has 1 heteroatoms. The van der Waals surface area contributed by atoms with E-state index in [1.807, 2.05) is 0 Å². The Balaban J connectivity index is 3.20. The Morgan fingerprint density at radius 1 is 1.08 bits per heavy atom. The number of aromatic nitrogens is 1. The van der Waals surface area contributed by atoms with Crippen molar-refractivity contribution in [3.63, 3.8) is 0 Å². The molecule has 0 unspecified atom stereocenters. The van der Waals surface area contributed by atoms with Crippen molar-refractivity contribution in [2.75, 3.05) is 0 Å². The average molecular weight is 177 g/mol. The third kappa shape index (κ3) is 2.09. The van der Waals surface area contributed by atoms with Crippen LogP contribution < -0.4 is 0 Å². The molecule has 0 spiro atoms. The van der Waals surface area contributed by atoms with Gasteiger partial charge in [0.2, 0.25) is 0 Å². The van der Waals surface area contributed by atoms with Crippen molar-refractivity contribution < 1.29 is 0 Å². The smallest absolute Gasteiger partial charge is 0.0436 e. The van der Waals surface area contributed by atoms with Crippen LogP contribution in [0.4, 0.5) is 0 Å². The van der Waals surface area contributed by atoms with E-state index in [-0.39, 0.29) is 0 Å². The Morgan fingerprint density at radius 3 is 2.23 bits per heavy atom. The lowest BCUT2D eigenvalue weighted by Gasteiger charge is -2.10. The summed E-state index contributed by atoms with van der Waals surface area (Å²) in [5.41, 5.74) is 5.36. The number of hydrogen-bond acceptors (Lipinski definition) is 1. The minimum Gasteiger partial charge on any atom is -0.258 e. The highest BCUT2D eigenvalue weighted by Crippen LogP contribution is 2.15. The van der Waals surface area contributed by atoms with E-state index in [1.165, 1.54) is 22.5 Å². The lowest BCUT2D eigenvalue weighted by molar-refractivity contribution is 0.912. The van der Waals surface area contributed by atoms with Gasteiger partial charge in [0.05, 0.1) is 0 Å². The second-order valence-corrected chi connectivity index (χ2v) is 3.41. The van der Waals surface area contributed by atoms with Crippen LogP contribution in [0.15, 0.2) is 6.07 Å². The fourth-order valence-corrected chi connectivity index (χ4v) is 1.68. The highest BCUT2D eigenvalue weighted by Gasteiger charge is 2.04. The molecule has 0 saturated heterocycles. The van der Waals surface area contributed by atoms with Crippen molar-refractivity contribution >= 4 is 0 Å². The second kappa shape index (κ2) is 4.40. The van der Waals surface area contributed by atoms with Gasteiger partial charge in [-0.3, -0.25) is 4.98 Å². The maximum Gasteiger partial charge on any atom is 0.0436 e. The first kappa shape index (κ1) is 10.2. The fourth-order valence-electron chi connectivity index (χ4n) is 1.68. The van der Waals surface area contributed by atoms with E-state index in [0.29, 0.717) is 0 Å². The normalized spacial score (nSPS) is 10.5. The molecule has 0 fully saturated rings. The van der Waals surface area contributed by atoms with Crippen molar-refractivity contribution in [1.29, 1.82) is 0 Å². The van der Waals surface area contributed by atoms with E-state index in [4.69, 9.17) is 0 Å². The zero-order chi connectivity index (χ0) is 9.84. The van der Waals surface area contributed by atoms with Gasteiger partial charge in [0.1, 0.15) is 0 Å². The molecule has 1 aromatic heterocycles. The summed E-state index contributed by atoms with van der Waals surface area (Å²) in [5.74, 6) is 0. The molecule has 0 bridgehead atoms. The topological polar surface area (TPSA) is 12.9 Å². The molecule has 0 aliphatic carbocycles. The van der Waals surface area contributed by atoms with E-state index < -0.39 is 0 Å². The Labute approximate surface area is 81.2 Å². The second-order valence-electron chi connectivity index (χ2n) is 3.41. The van der Waals surface area contributed by atoms with E-state index in [9.17, 15) is 0 Å². The van der Waals surface area contributed by atoms with Crippen LogP contribution >= 0.6 is 0 Å². The van der Waals surface area contributed by atoms with Crippen molar-refractivity contribution in [1.82, 2.24) is 4.98 Å². The molecular weight excluding hydrogens is 158 g/mol. The van der Waals surface area contributed by atoms with E-state index >= 15 is 0 Å². The molecule has 0 aliphatic rings. The third-order valence-electron chi connectivity index (χ3n) is 2.61. The molecule has 13 heavy (non-hydrogen) atoms. The Hall–Kier alpha value is -0.850. The summed E-state index contributed by atoms with van der Waals surface area (Å²) >= 11 is 0. The van der Waals surface area contributed by atoms with Gasteiger partial charge in [-0.25, -0.2) is 0 Å². The van der Waals surface area contributed by atoms with Crippen LogP contribution in [0.1, 0.15) is 43.3 Å². The molecule has 1 nitrogen and oxygen atoms in total. The van der Waals surface area contributed by atoms with Gasteiger partial charge in [0.15, 0.2) is 0 Å². The predicted octanol–water partition coefficient (Wildman–Crippen LogP) is 3.08. The van der Waals surface area contributed by atoms with Gasteiger partial charge in [-0.05, 0) is 43.4 Å². The molecule has 0 atom stereocenters. The van der Waals surface area contributed by atoms with Gasteiger partial charge >= 0.3 is 0 Å². The molecule has 72 valence electrons. The van der Waals surface area contributed by atoms with Crippen LogP contribution in [0.5, 0.6) is 0 Å². The van der Waals surface area contributed by atoms with Gasteiger partial charge < -0.3 is 0 Å². The number of pyridine rings is 1. The van der Waals surface area contributed by atoms with E-state index in [0.717, 1.165) is 19.3 Å². The largest absolute Gasteiger partial charge is 0.258 e. The highest BCUT2D eigenvalue weighted by atomic mass is 14.7. The van der Waals surface area contributed by atoms with Gasteiger partial charge in [-0.2, -0.15) is 0 Å². The lowest BCUT2D eigenvalue weighted by Crippen LogP contribution is -2.01. The van der Waals surface area contributed by atoms with Gasteiger partial charge in [-0.1, -0.05) is 20.8 Å². The minimum absolute atomic E-state index is 1.04. The molecule has 0 aliphatic heterocycles. The summed E-state index contributed by atoms with van der Waals surface area (Å²) in [6.45, 7) is 8.73. The Kier molecular flexibility index (Phi) is 3.47. The summed E-state index contributed by atoms with van der Waals surface area (Å²) in [6.07, 6.45) is 3.21. The monoisotopic (exact) mass is 177 g/mol. The van der Waals surface area contributed by atoms with Crippen molar-refractivity contribution in [3.05, 3.63) is 28.6 Å². The zero-order valence-electron chi connectivity index (χ0n) is 9.15. The fraction of sp³-hybridized carbons (Fsp3) is 0.583. The molecule has 0 amide bonds. The summed E-state index contributed by atoms with van der Waals surface area (Å²) in [7, 11) is 0. The zero-order valence-corrected chi connectivity index (χ0v) is 9.15. The average Bonchev–Trinajstić information content (AvgIpc) is 2.18. The molecule has 0 radical (unpaired) electrons. The SMILES string of the molecule is CCc1cc(CC)c(C)c(CC)n1. The van der Waals surface area contributed by atoms with Crippen LogP contribution in [-0.2, 0) is 19.3 Å². The molecular formula is C12H19N. The highest BCUT2D eigenvalue weighted by molar-refractivity contribution is 5.31. The predicted molar refractivity (Wildman–Crippen MR) is 57.1 cm³/mol. The van der Waals surface area contributed by atoms with Crippen LogP contribution in [0.3, 0.4) is 0 Å². The summed E-state index contributed by atoms with van der Waals surface area (Å²) in [4.78, 5) is 4.62. The molecule has 0 aromatic carbocycles. The van der Waals surface area contributed by atoms with E-state index in [2.05, 4.69) is 38.7 Å². The number of aryl methyl sites for hydroxylation is 3. The van der Waals surface area contributed by atoms with Crippen molar-refractivity contribution in [2.45, 2.75) is 47.0 Å². The quantitative estimate of drug-likeness (QED) is 0.691. The lowest BCUT2D eigenvalue weighted by atomic mass is 10.0. The first-order chi connectivity index (χ1) is 6.22. The van der Waals surface area contributed by atoms with Crippen LogP contribution in [0.2, 0.25) is 0 Å². The molecule has 1 aromatic rings. The van der Waals surface area contributed by atoms with Gasteiger partial charge in [-0.15, -0.1) is 0 Å². The molecule has 1 rings (SSSR count). The Bertz CT molecular complexity index is 264. The van der Waals surface area contributed by atoms with Gasteiger partial charge in [0.25, 0.3) is 0 Å². The first-order valence-corrected chi connectivity index (χ1v) is 5.21. The van der Waals surface area contributed by atoms with Crippen molar-refractivity contribution in [2.24, 2.45) is 0 Å². The van der Waals surface area contributed by atoms with E-state index in [1.54, 1.807) is 0 Å². The number of nitrogens with zero attached hydrogens (tertiary/aromatic N) is 1. The van der Waals surface area contributed by atoms with Crippen LogP contribution in [-0.4, -0.2) is 4.98 Å². The first-order valence-electron chi connectivity index (χ1n) is 5.21. The minimum atomic E-state index is 1.04. The maximum atomic E-state index is 4.62. The summed E-state index contributed by atoms with van der Waals surface area (Å²) in [5, 5.41) is 0. The Morgan fingerprint density at radius 2 is 1.77 bits per heavy atom. The van der Waals surface area contributed by atoms with Crippen LogP contribution in [0.25, 0.3) is 0 Å². The van der Waals surface area contributed by atoms with Crippen molar-refractivity contribution in [3.8, 4) is 0 Å². The summed E-state index contributed by atoms with van der Waals surface area (Å²) in [6, 6.07) is 2.24.